The van der Waals surface area contributed by atoms with Crippen LogP contribution in [0.4, 0.5) is 0 Å². The Bertz CT molecular complexity index is 622. The SMILES string of the molecule is Cc1cccc(COc2ccc(Cl)cc2CNC2CC2)c1. The normalized spacial score (nSPS) is 14.2. The van der Waals surface area contributed by atoms with Crippen molar-refractivity contribution < 1.29 is 4.74 Å². The van der Waals surface area contributed by atoms with Gasteiger partial charge in [-0.2, -0.15) is 0 Å². The molecule has 1 fully saturated rings. The van der Waals surface area contributed by atoms with Gasteiger partial charge < -0.3 is 10.1 Å². The number of nitrogens with one attached hydrogen (secondary N) is 1. The molecule has 0 amide bonds. The molecule has 110 valence electrons. The topological polar surface area (TPSA) is 21.3 Å². The minimum Gasteiger partial charge on any atom is -0.489 e. The molecular weight excluding hydrogens is 282 g/mol. The predicted molar refractivity (Wildman–Crippen MR) is 86.8 cm³/mol. The van der Waals surface area contributed by atoms with Crippen molar-refractivity contribution >= 4 is 11.6 Å². The van der Waals surface area contributed by atoms with Gasteiger partial charge in [-0.3, -0.25) is 0 Å². The largest absolute Gasteiger partial charge is 0.489 e. The summed E-state index contributed by atoms with van der Waals surface area (Å²) >= 11 is 6.10. The summed E-state index contributed by atoms with van der Waals surface area (Å²) in [4.78, 5) is 0. The van der Waals surface area contributed by atoms with Gasteiger partial charge in [0.2, 0.25) is 0 Å². The highest BCUT2D eigenvalue weighted by atomic mass is 35.5. The van der Waals surface area contributed by atoms with Crippen molar-refractivity contribution in [3.05, 3.63) is 64.2 Å². The van der Waals surface area contributed by atoms with Crippen LogP contribution in [0.3, 0.4) is 0 Å². The Hall–Kier alpha value is -1.51. The minimum atomic E-state index is 0.583. The molecule has 3 heteroatoms. The molecule has 2 aromatic carbocycles. The van der Waals surface area contributed by atoms with Gasteiger partial charge in [0.25, 0.3) is 0 Å². The highest BCUT2D eigenvalue weighted by Gasteiger charge is 2.20. The first kappa shape index (κ1) is 14.4. The second-order valence-electron chi connectivity index (χ2n) is 5.68. The van der Waals surface area contributed by atoms with Crippen LogP contribution in [-0.4, -0.2) is 6.04 Å². The van der Waals surface area contributed by atoms with E-state index in [0.29, 0.717) is 12.6 Å². The van der Waals surface area contributed by atoms with Crippen LogP contribution in [0.1, 0.15) is 29.5 Å². The number of benzene rings is 2. The Morgan fingerprint density at radius 1 is 1.19 bits per heavy atom. The maximum Gasteiger partial charge on any atom is 0.124 e. The van der Waals surface area contributed by atoms with Gasteiger partial charge in [-0.15, -0.1) is 0 Å². The Balaban J connectivity index is 1.68. The predicted octanol–water partition coefficient (Wildman–Crippen LogP) is 4.48. The maximum absolute atomic E-state index is 6.10. The summed E-state index contributed by atoms with van der Waals surface area (Å²) in [7, 11) is 0. The molecule has 1 saturated carbocycles. The number of rotatable bonds is 6. The second kappa shape index (κ2) is 6.50. The monoisotopic (exact) mass is 301 g/mol. The molecule has 0 heterocycles. The fraction of sp³-hybridized carbons (Fsp3) is 0.333. The van der Waals surface area contributed by atoms with E-state index in [-0.39, 0.29) is 0 Å². The van der Waals surface area contributed by atoms with Gasteiger partial charge in [-0.1, -0.05) is 41.4 Å². The van der Waals surface area contributed by atoms with Crippen LogP contribution < -0.4 is 10.1 Å². The first-order valence-corrected chi connectivity index (χ1v) is 7.78. The first-order valence-electron chi connectivity index (χ1n) is 7.41. The van der Waals surface area contributed by atoms with Crippen molar-refractivity contribution in [2.75, 3.05) is 0 Å². The zero-order valence-corrected chi connectivity index (χ0v) is 13.0. The van der Waals surface area contributed by atoms with E-state index in [1.807, 2.05) is 18.2 Å². The Morgan fingerprint density at radius 2 is 2.05 bits per heavy atom. The fourth-order valence-electron chi connectivity index (χ4n) is 2.33. The Kier molecular flexibility index (Phi) is 4.47. The summed E-state index contributed by atoms with van der Waals surface area (Å²) < 4.78 is 5.99. The molecule has 1 N–H and O–H groups in total. The van der Waals surface area contributed by atoms with Gasteiger partial charge in [0, 0.05) is 23.2 Å². The van der Waals surface area contributed by atoms with E-state index < -0.39 is 0 Å². The van der Waals surface area contributed by atoms with Gasteiger partial charge >= 0.3 is 0 Å². The molecule has 21 heavy (non-hydrogen) atoms. The average molecular weight is 302 g/mol. The summed E-state index contributed by atoms with van der Waals surface area (Å²) in [6, 6.07) is 14.9. The molecule has 1 aliphatic rings. The first-order chi connectivity index (χ1) is 10.2. The molecule has 0 bridgehead atoms. The van der Waals surface area contributed by atoms with E-state index in [1.165, 1.54) is 24.0 Å². The molecule has 0 aliphatic heterocycles. The lowest BCUT2D eigenvalue weighted by molar-refractivity contribution is 0.302. The number of aryl methyl sites for hydroxylation is 1. The van der Waals surface area contributed by atoms with Crippen LogP contribution in [0.5, 0.6) is 5.75 Å². The number of hydrogen-bond acceptors (Lipinski definition) is 2. The third-order valence-electron chi connectivity index (χ3n) is 3.66. The van der Waals surface area contributed by atoms with E-state index in [0.717, 1.165) is 22.9 Å². The summed E-state index contributed by atoms with van der Waals surface area (Å²) in [5, 5.41) is 4.26. The van der Waals surface area contributed by atoms with Gasteiger partial charge in [0.1, 0.15) is 12.4 Å². The molecule has 3 rings (SSSR count). The van der Waals surface area contributed by atoms with E-state index in [2.05, 4.69) is 36.5 Å². The van der Waals surface area contributed by atoms with Gasteiger partial charge in [-0.25, -0.2) is 0 Å². The van der Waals surface area contributed by atoms with Crippen molar-refractivity contribution in [1.82, 2.24) is 5.32 Å². The molecule has 2 nitrogen and oxygen atoms in total. The zero-order chi connectivity index (χ0) is 14.7. The zero-order valence-electron chi connectivity index (χ0n) is 12.2. The molecule has 0 aromatic heterocycles. The van der Waals surface area contributed by atoms with Crippen molar-refractivity contribution in [1.29, 1.82) is 0 Å². The second-order valence-corrected chi connectivity index (χ2v) is 6.12. The van der Waals surface area contributed by atoms with Crippen LogP contribution in [0.25, 0.3) is 0 Å². The maximum atomic E-state index is 6.10. The molecule has 0 atom stereocenters. The molecular formula is C18H20ClNO. The van der Waals surface area contributed by atoms with E-state index in [4.69, 9.17) is 16.3 Å². The quantitative estimate of drug-likeness (QED) is 0.849. The molecule has 1 aliphatic carbocycles. The van der Waals surface area contributed by atoms with E-state index in [9.17, 15) is 0 Å². The fourth-order valence-corrected chi connectivity index (χ4v) is 2.53. The molecule has 0 spiro atoms. The highest BCUT2D eigenvalue weighted by Crippen LogP contribution is 2.26. The van der Waals surface area contributed by atoms with Crippen LogP contribution in [0, 0.1) is 6.92 Å². The van der Waals surface area contributed by atoms with Crippen LogP contribution in [-0.2, 0) is 13.2 Å². The number of halogens is 1. The van der Waals surface area contributed by atoms with Crippen LogP contribution in [0.2, 0.25) is 5.02 Å². The van der Waals surface area contributed by atoms with Crippen LogP contribution >= 0.6 is 11.6 Å². The smallest absolute Gasteiger partial charge is 0.124 e. The summed E-state index contributed by atoms with van der Waals surface area (Å²) in [5.74, 6) is 0.911. The van der Waals surface area contributed by atoms with Crippen molar-refractivity contribution in [3.8, 4) is 5.75 Å². The molecule has 0 unspecified atom stereocenters. The van der Waals surface area contributed by atoms with Crippen molar-refractivity contribution in [3.63, 3.8) is 0 Å². The Labute approximate surface area is 131 Å². The number of ether oxygens (including phenoxy) is 1. The summed E-state index contributed by atoms with van der Waals surface area (Å²) in [5.41, 5.74) is 3.57. The van der Waals surface area contributed by atoms with E-state index in [1.54, 1.807) is 0 Å². The molecule has 0 saturated heterocycles. The standard InChI is InChI=1S/C18H20ClNO/c1-13-3-2-4-14(9-13)12-21-18-8-5-16(19)10-15(18)11-20-17-6-7-17/h2-5,8-10,17,20H,6-7,11-12H2,1H3. The summed E-state index contributed by atoms with van der Waals surface area (Å²) in [6.45, 7) is 3.49. The van der Waals surface area contributed by atoms with Crippen molar-refractivity contribution in [2.24, 2.45) is 0 Å². The number of hydrogen-bond donors (Lipinski definition) is 1. The highest BCUT2D eigenvalue weighted by molar-refractivity contribution is 6.30. The molecule has 0 radical (unpaired) electrons. The lowest BCUT2D eigenvalue weighted by atomic mass is 10.1. The average Bonchev–Trinajstić information content (AvgIpc) is 3.28. The Morgan fingerprint density at radius 3 is 2.81 bits per heavy atom. The lowest BCUT2D eigenvalue weighted by Crippen LogP contribution is -2.16. The van der Waals surface area contributed by atoms with Crippen LogP contribution in [0.15, 0.2) is 42.5 Å². The molecule has 2 aromatic rings. The third kappa shape index (κ3) is 4.23. The van der Waals surface area contributed by atoms with Gasteiger partial charge in [-0.05, 0) is 43.5 Å². The third-order valence-corrected chi connectivity index (χ3v) is 3.89. The van der Waals surface area contributed by atoms with E-state index >= 15 is 0 Å². The van der Waals surface area contributed by atoms with Gasteiger partial charge in [0.05, 0.1) is 0 Å². The van der Waals surface area contributed by atoms with Crippen molar-refractivity contribution in [2.45, 2.75) is 39.0 Å². The minimum absolute atomic E-state index is 0.583. The summed E-state index contributed by atoms with van der Waals surface area (Å²) in [6.07, 6.45) is 2.56. The lowest BCUT2D eigenvalue weighted by Gasteiger charge is -2.13. The van der Waals surface area contributed by atoms with Gasteiger partial charge in [0.15, 0.2) is 0 Å².